The predicted molar refractivity (Wildman–Crippen MR) is 77.9 cm³/mol. The first-order valence-electron chi connectivity index (χ1n) is 5.79. The van der Waals surface area contributed by atoms with Crippen molar-refractivity contribution in [3.8, 4) is 0 Å². The van der Waals surface area contributed by atoms with Gasteiger partial charge in [-0.25, -0.2) is 0 Å². The third-order valence-electron chi connectivity index (χ3n) is 2.64. The molecule has 20 heavy (non-hydrogen) atoms. The molecular weight excluding hydrogens is 278 g/mol. The molecule has 0 heterocycles. The van der Waals surface area contributed by atoms with Crippen LogP contribution in [0.2, 0.25) is 5.02 Å². The first kappa shape index (κ1) is 14.0. The molecule has 0 spiro atoms. The minimum Gasteiger partial charge on any atom is -0.289 e. The number of hydrogen-bond acceptors (Lipinski definition) is 3. The summed E-state index contributed by atoms with van der Waals surface area (Å²) in [5.41, 5.74) is 0.619. The number of nitrogens with zero attached hydrogens (tertiary/aromatic N) is 1. The van der Waals surface area contributed by atoms with Crippen LogP contribution in [0.4, 0.5) is 5.69 Å². The second-order valence-electron chi connectivity index (χ2n) is 4.03. The summed E-state index contributed by atoms with van der Waals surface area (Å²) in [6, 6.07) is 12.8. The summed E-state index contributed by atoms with van der Waals surface area (Å²) in [4.78, 5) is 22.3. The fourth-order valence-electron chi connectivity index (χ4n) is 1.71. The number of nitro groups is 1. The van der Waals surface area contributed by atoms with Gasteiger partial charge in [0.15, 0.2) is 5.78 Å². The van der Waals surface area contributed by atoms with E-state index >= 15 is 0 Å². The van der Waals surface area contributed by atoms with E-state index < -0.39 is 10.7 Å². The number of nitro benzene ring substituents is 1. The van der Waals surface area contributed by atoms with E-state index in [0.29, 0.717) is 5.02 Å². The number of hydrogen-bond donors (Lipinski definition) is 0. The van der Waals surface area contributed by atoms with Crippen LogP contribution in [-0.2, 0) is 0 Å². The number of carbonyl (C=O) groups excluding carboxylic acids is 1. The highest BCUT2D eigenvalue weighted by Crippen LogP contribution is 2.19. The molecule has 4 nitrogen and oxygen atoms in total. The lowest BCUT2D eigenvalue weighted by atomic mass is 10.1. The molecule has 0 amide bonds. The van der Waals surface area contributed by atoms with Crippen molar-refractivity contribution in [3.63, 3.8) is 0 Å². The maximum atomic E-state index is 12.0. The van der Waals surface area contributed by atoms with Crippen LogP contribution < -0.4 is 0 Å². The van der Waals surface area contributed by atoms with Crippen LogP contribution >= 0.6 is 11.6 Å². The second kappa shape index (κ2) is 6.12. The minimum atomic E-state index is -0.569. The number of carbonyl (C=O) groups is 1. The zero-order chi connectivity index (χ0) is 14.5. The Labute approximate surface area is 120 Å². The van der Waals surface area contributed by atoms with Gasteiger partial charge in [0.05, 0.1) is 10.5 Å². The van der Waals surface area contributed by atoms with Gasteiger partial charge in [0, 0.05) is 11.1 Å². The van der Waals surface area contributed by atoms with Gasteiger partial charge in [0.1, 0.15) is 0 Å². The molecule has 0 radical (unpaired) electrons. The van der Waals surface area contributed by atoms with Crippen molar-refractivity contribution in [3.05, 3.63) is 80.9 Å². The third kappa shape index (κ3) is 3.30. The highest BCUT2D eigenvalue weighted by molar-refractivity contribution is 6.30. The molecule has 0 saturated carbocycles. The Morgan fingerprint density at radius 2 is 1.90 bits per heavy atom. The summed E-state index contributed by atoms with van der Waals surface area (Å²) in [5.74, 6) is -0.419. The number of halogens is 1. The van der Waals surface area contributed by atoms with Crippen molar-refractivity contribution in [1.29, 1.82) is 0 Å². The van der Waals surface area contributed by atoms with Gasteiger partial charge in [-0.1, -0.05) is 41.9 Å². The van der Waals surface area contributed by atoms with E-state index in [9.17, 15) is 14.9 Å². The lowest BCUT2D eigenvalue weighted by Crippen LogP contribution is -2.00. The van der Waals surface area contributed by atoms with Crippen molar-refractivity contribution in [2.24, 2.45) is 0 Å². The molecule has 2 rings (SSSR count). The smallest absolute Gasteiger partial charge is 0.280 e. The Morgan fingerprint density at radius 3 is 2.60 bits per heavy atom. The molecule has 0 saturated heterocycles. The summed E-state index contributed by atoms with van der Waals surface area (Å²) in [5, 5.41) is 11.4. The summed E-state index contributed by atoms with van der Waals surface area (Å²) >= 11 is 5.84. The SMILES string of the molecule is O=C(C=Cc1cccc(Cl)c1)c1ccccc1[N+](=O)[O-]. The molecule has 5 heteroatoms. The average molecular weight is 288 g/mol. The van der Waals surface area contributed by atoms with Crippen LogP contribution in [0.15, 0.2) is 54.6 Å². The average Bonchev–Trinajstić information content (AvgIpc) is 2.45. The Kier molecular flexibility index (Phi) is 4.27. The zero-order valence-corrected chi connectivity index (χ0v) is 11.1. The van der Waals surface area contributed by atoms with E-state index in [1.54, 1.807) is 36.4 Å². The van der Waals surface area contributed by atoms with E-state index in [-0.39, 0.29) is 11.3 Å². The first-order valence-corrected chi connectivity index (χ1v) is 6.17. The van der Waals surface area contributed by atoms with E-state index in [1.165, 1.54) is 24.3 Å². The molecule has 0 fully saturated rings. The molecule has 2 aromatic carbocycles. The van der Waals surface area contributed by atoms with Crippen LogP contribution in [0.1, 0.15) is 15.9 Å². The van der Waals surface area contributed by atoms with Gasteiger partial charge in [-0.2, -0.15) is 0 Å². The van der Waals surface area contributed by atoms with Crippen molar-refractivity contribution < 1.29 is 9.72 Å². The lowest BCUT2D eigenvalue weighted by molar-refractivity contribution is -0.385. The highest BCUT2D eigenvalue weighted by Gasteiger charge is 2.16. The molecule has 0 bridgehead atoms. The van der Waals surface area contributed by atoms with Crippen LogP contribution in [-0.4, -0.2) is 10.7 Å². The summed E-state index contributed by atoms with van der Waals surface area (Å²) in [6.07, 6.45) is 2.87. The van der Waals surface area contributed by atoms with Gasteiger partial charge in [-0.05, 0) is 29.8 Å². The fraction of sp³-hybridized carbons (Fsp3) is 0. The van der Waals surface area contributed by atoms with Gasteiger partial charge in [-0.3, -0.25) is 14.9 Å². The van der Waals surface area contributed by atoms with E-state index in [2.05, 4.69) is 0 Å². The van der Waals surface area contributed by atoms with Crippen LogP contribution in [0.25, 0.3) is 6.08 Å². The van der Waals surface area contributed by atoms with E-state index in [0.717, 1.165) is 5.56 Å². The Bertz CT molecular complexity index is 695. The fourth-order valence-corrected chi connectivity index (χ4v) is 1.91. The molecule has 0 aromatic heterocycles. The van der Waals surface area contributed by atoms with Gasteiger partial charge in [0.2, 0.25) is 0 Å². The second-order valence-corrected chi connectivity index (χ2v) is 4.46. The van der Waals surface area contributed by atoms with Crippen molar-refractivity contribution in [2.45, 2.75) is 0 Å². The third-order valence-corrected chi connectivity index (χ3v) is 2.88. The number of ketones is 1. The zero-order valence-electron chi connectivity index (χ0n) is 10.3. The number of benzene rings is 2. The van der Waals surface area contributed by atoms with Crippen molar-refractivity contribution >= 4 is 29.1 Å². The van der Waals surface area contributed by atoms with Gasteiger partial charge >= 0.3 is 0 Å². The largest absolute Gasteiger partial charge is 0.289 e. The minimum absolute atomic E-state index is 0.0655. The molecular formula is C15H10ClNO3. The molecule has 0 aliphatic rings. The van der Waals surface area contributed by atoms with E-state index in [4.69, 9.17) is 11.6 Å². The van der Waals surface area contributed by atoms with Gasteiger partial charge in [-0.15, -0.1) is 0 Å². The van der Waals surface area contributed by atoms with Crippen molar-refractivity contribution in [1.82, 2.24) is 0 Å². The van der Waals surface area contributed by atoms with Crippen molar-refractivity contribution in [2.75, 3.05) is 0 Å². The highest BCUT2D eigenvalue weighted by atomic mass is 35.5. The maximum Gasteiger partial charge on any atom is 0.280 e. The van der Waals surface area contributed by atoms with Gasteiger partial charge in [0.25, 0.3) is 5.69 Å². The summed E-state index contributed by atoms with van der Waals surface area (Å²) in [6.45, 7) is 0. The Balaban J connectivity index is 2.27. The number of allylic oxidation sites excluding steroid dienone is 1. The topological polar surface area (TPSA) is 60.2 Å². The molecule has 0 atom stereocenters. The normalized spacial score (nSPS) is 10.7. The standard InChI is InChI=1S/C15H10ClNO3/c16-12-5-3-4-11(10-12)8-9-15(18)13-6-1-2-7-14(13)17(19)20/h1-10H. The maximum absolute atomic E-state index is 12.0. The van der Waals surface area contributed by atoms with E-state index in [1.807, 2.05) is 0 Å². The lowest BCUT2D eigenvalue weighted by Gasteiger charge is -1.98. The number of para-hydroxylation sites is 1. The Hall–Kier alpha value is -2.46. The predicted octanol–water partition coefficient (Wildman–Crippen LogP) is 4.14. The first-order chi connectivity index (χ1) is 9.58. The summed E-state index contributed by atoms with van der Waals surface area (Å²) < 4.78 is 0. The van der Waals surface area contributed by atoms with Crippen LogP contribution in [0.5, 0.6) is 0 Å². The monoisotopic (exact) mass is 287 g/mol. The van der Waals surface area contributed by atoms with Crippen LogP contribution in [0.3, 0.4) is 0 Å². The molecule has 0 unspecified atom stereocenters. The Morgan fingerprint density at radius 1 is 1.15 bits per heavy atom. The molecule has 0 N–H and O–H groups in total. The molecule has 0 aliphatic heterocycles. The quantitative estimate of drug-likeness (QED) is 0.367. The molecule has 0 aliphatic carbocycles. The molecule has 100 valence electrons. The number of rotatable bonds is 4. The van der Waals surface area contributed by atoms with Gasteiger partial charge < -0.3 is 0 Å². The summed E-state index contributed by atoms with van der Waals surface area (Å²) in [7, 11) is 0. The molecule has 2 aromatic rings. The van der Waals surface area contributed by atoms with Crippen LogP contribution in [0, 0.1) is 10.1 Å².